The van der Waals surface area contributed by atoms with Gasteiger partial charge in [-0.15, -0.1) is 0 Å². The Morgan fingerprint density at radius 2 is 1.65 bits per heavy atom. The molecule has 0 saturated carbocycles. The fraction of sp³-hybridized carbons (Fsp3) is 0.464. The standard InChI is InChI=1S/C28H34FN5O3/c29-24-17-21(23-6-8-26(35)31-27(23)36)3-7-25(24)33-15-13-32(14-16-33)18-19-9-11-34(12-10-19)28(37)20-1-4-22(30)5-2-20/h1-5,7,17,19,23H,6,8-16,18,30H2,(H,31,35,36). The summed E-state index contributed by atoms with van der Waals surface area (Å²) in [4.78, 5) is 42.7. The molecule has 5 rings (SSSR count). The molecule has 0 aliphatic carbocycles. The first-order valence-corrected chi connectivity index (χ1v) is 13.1. The van der Waals surface area contributed by atoms with Crippen LogP contribution in [0.3, 0.4) is 0 Å². The van der Waals surface area contributed by atoms with Crippen LogP contribution in [0.2, 0.25) is 0 Å². The molecule has 0 radical (unpaired) electrons. The van der Waals surface area contributed by atoms with E-state index in [9.17, 15) is 14.4 Å². The minimum absolute atomic E-state index is 0.0673. The summed E-state index contributed by atoms with van der Waals surface area (Å²) < 4.78 is 15.0. The first kappa shape index (κ1) is 25.2. The lowest BCUT2D eigenvalue weighted by Gasteiger charge is -2.39. The average molecular weight is 508 g/mol. The van der Waals surface area contributed by atoms with E-state index < -0.39 is 5.92 Å². The van der Waals surface area contributed by atoms with Crippen LogP contribution < -0.4 is 16.0 Å². The molecule has 3 fully saturated rings. The third-order valence-corrected chi connectivity index (χ3v) is 7.90. The number of benzene rings is 2. The van der Waals surface area contributed by atoms with Gasteiger partial charge in [0.2, 0.25) is 11.8 Å². The van der Waals surface area contributed by atoms with Gasteiger partial charge in [0.05, 0.1) is 11.6 Å². The number of nitrogen functional groups attached to an aromatic ring is 1. The number of anilines is 2. The number of hydrogen-bond acceptors (Lipinski definition) is 6. The van der Waals surface area contributed by atoms with Crippen LogP contribution in [0.1, 0.15) is 47.5 Å². The van der Waals surface area contributed by atoms with Gasteiger partial charge in [-0.05, 0) is 67.1 Å². The molecule has 0 aromatic heterocycles. The molecule has 37 heavy (non-hydrogen) atoms. The topological polar surface area (TPSA) is 99.0 Å². The molecule has 9 heteroatoms. The van der Waals surface area contributed by atoms with Crippen LogP contribution >= 0.6 is 0 Å². The number of nitrogens with zero attached hydrogens (tertiary/aromatic N) is 3. The quantitative estimate of drug-likeness (QED) is 0.477. The normalized spacial score (nSPS) is 21.7. The van der Waals surface area contributed by atoms with Gasteiger partial charge < -0.3 is 15.5 Å². The van der Waals surface area contributed by atoms with E-state index >= 15 is 4.39 Å². The van der Waals surface area contributed by atoms with E-state index in [0.29, 0.717) is 34.8 Å². The van der Waals surface area contributed by atoms with Gasteiger partial charge in [0, 0.05) is 63.5 Å². The van der Waals surface area contributed by atoms with E-state index in [1.807, 2.05) is 11.0 Å². The maximum atomic E-state index is 15.0. The largest absolute Gasteiger partial charge is 0.399 e. The Morgan fingerprint density at radius 3 is 2.30 bits per heavy atom. The highest BCUT2D eigenvalue weighted by Gasteiger charge is 2.30. The van der Waals surface area contributed by atoms with Gasteiger partial charge in [-0.2, -0.15) is 0 Å². The van der Waals surface area contributed by atoms with Crippen LogP contribution in [0.25, 0.3) is 0 Å². The molecule has 1 atom stereocenters. The summed E-state index contributed by atoms with van der Waals surface area (Å²) in [5.74, 6) is -0.810. The van der Waals surface area contributed by atoms with Crippen LogP contribution in [0.15, 0.2) is 42.5 Å². The highest BCUT2D eigenvalue weighted by atomic mass is 19.1. The molecule has 0 bridgehead atoms. The zero-order chi connectivity index (χ0) is 25.9. The molecule has 3 saturated heterocycles. The molecule has 3 heterocycles. The second-order valence-electron chi connectivity index (χ2n) is 10.4. The van der Waals surface area contributed by atoms with Crippen molar-refractivity contribution < 1.29 is 18.8 Å². The van der Waals surface area contributed by atoms with Crippen molar-refractivity contribution in [1.82, 2.24) is 15.1 Å². The van der Waals surface area contributed by atoms with Crippen LogP contribution in [0.5, 0.6) is 0 Å². The number of rotatable bonds is 5. The van der Waals surface area contributed by atoms with Gasteiger partial charge in [-0.3, -0.25) is 24.6 Å². The molecule has 3 aliphatic rings. The molecule has 2 aromatic carbocycles. The number of nitrogens with one attached hydrogen (secondary N) is 1. The van der Waals surface area contributed by atoms with E-state index in [0.717, 1.165) is 58.7 Å². The summed E-state index contributed by atoms with van der Waals surface area (Å²) in [6.07, 6.45) is 2.66. The number of hydrogen-bond donors (Lipinski definition) is 2. The molecule has 8 nitrogen and oxygen atoms in total. The lowest BCUT2D eigenvalue weighted by atomic mass is 9.90. The number of amides is 3. The third kappa shape index (κ3) is 5.77. The Hall–Kier alpha value is -3.46. The van der Waals surface area contributed by atoms with Crippen molar-refractivity contribution in [3.63, 3.8) is 0 Å². The minimum atomic E-state index is -0.480. The lowest BCUT2D eigenvalue weighted by molar-refractivity contribution is -0.134. The first-order chi connectivity index (χ1) is 17.9. The Labute approximate surface area is 216 Å². The van der Waals surface area contributed by atoms with Gasteiger partial charge in [0.25, 0.3) is 5.91 Å². The number of carbonyl (C=O) groups excluding carboxylic acids is 3. The predicted octanol–water partition coefficient (Wildman–Crippen LogP) is 2.60. The van der Waals surface area contributed by atoms with Crippen LogP contribution in [-0.2, 0) is 9.59 Å². The van der Waals surface area contributed by atoms with Crippen molar-refractivity contribution in [3.05, 3.63) is 59.4 Å². The Morgan fingerprint density at radius 1 is 0.946 bits per heavy atom. The molecule has 2 aromatic rings. The lowest BCUT2D eigenvalue weighted by Crippen LogP contribution is -2.49. The van der Waals surface area contributed by atoms with E-state index in [1.54, 1.807) is 30.3 Å². The molecular formula is C28H34FN5O3. The van der Waals surface area contributed by atoms with Crippen LogP contribution in [0, 0.1) is 11.7 Å². The van der Waals surface area contributed by atoms with Crippen molar-refractivity contribution in [2.75, 3.05) is 56.4 Å². The summed E-state index contributed by atoms with van der Waals surface area (Å²) in [6, 6.07) is 12.1. The van der Waals surface area contributed by atoms with E-state index in [2.05, 4.69) is 15.1 Å². The summed E-state index contributed by atoms with van der Waals surface area (Å²) in [5, 5.41) is 2.34. The van der Waals surface area contributed by atoms with E-state index in [1.165, 1.54) is 6.07 Å². The molecule has 196 valence electrons. The number of piperazine rings is 1. The van der Waals surface area contributed by atoms with Gasteiger partial charge in [0.1, 0.15) is 5.82 Å². The maximum Gasteiger partial charge on any atom is 0.253 e. The SMILES string of the molecule is Nc1ccc(C(=O)N2CCC(CN3CCN(c4ccc(C5CCC(=O)NC5=O)cc4F)CC3)CC2)cc1. The Bertz CT molecular complexity index is 1150. The zero-order valence-electron chi connectivity index (χ0n) is 21.0. The molecule has 3 aliphatic heterocycles. The number of nitrogens with two attached hydrogens (primary N) is 1. The van der Waals surface area contributed by atoms with Crippen molar-refractivity contribution in [2.24, 2.45) is 5.92 Å². The number of likely N-dealkylation sites (tertiary alicyclic amines) is 1. The Balaban J connectivity index is 1.09. The predicted molar refractivity (Wildman–Crippen MR) is 140 cm³/mol. The third-order valence-electron chi connectivity index (χ3n) is 7.90. The summed E-state index contributed by atoms with van der Waals surface area (Å²) in [6.45, 7) is 5.72. The summed E-state index contributed by atoms with van der Waals surface area (Å²) in [5.41, 5.74) is 8.24. The molecule has 3 N–H and O–H groups in total. The second-order valence-corrected chi connectivity index (χ2v) is 10.4. The average Bonchev–Trinajstić information content (AvgIpc) is 2.90. The highest BCUT2D eigenvalue weighted by molar-refractivity contribution is 6.01. The van der Waals surface area contributed by atoms with Crippen LogP contribution in [0.4, 0.5) is 15.8 Å². The van der Waals surface area contributed by atoms with E-state index in [4.69, 9.17) is 5.73 Å². The van der Waals surface area contributed by atoms with Crippen molar-refractivity contribution in [1.29, 1.82) is 0 Å². The van der Waals surface area contributed by atoms with Gasteiger partial charge in [-0.25, -0.2) is 4.39 Å². The summed E-state index contributed by atoms with van der Waals surface area (Å²) in [7, 11) is 0. The van der Waals surface area contributed by atoms with Gasteiger partial charge >= 0.3 is 0 Å². The van der Waals surface area contributed by atoms with Gasteiger partial charge in [0.15, 0.2) is 0 Å². The zero-order valence-corrected chi connectivity index (χ0v) is 21.0. The fourth-order valence-corrected chi connectivity index (χ4v) is 5.67. The van der Waals surface area contributed by atoms with Crippen LogP contribution in [-0.4, -0.2) is 73.3 Å². The van der Waals surface area contributed by atoms with Crippen molar-refractivity contribution in [2.45, 2.75) is 31.6 Å². The summed E-state index contributed by atoms with van der Waals surface area (Å²) >= 11 is 0. The highest BCUT2D eigenvalue weighted by Crippen LogP contribution is 2.30. The number of piperidine rings is 2. The first-order valence-electron chi connectivity index (χ1n) is 13.1. The van der Waals surface area contributed by atoms with Gasteiger partial charge in [-0.1, -0.05) is 6.07 Å². The van der Waals surface area contributed by atoms with Crippen molar-refractivity contribution in [3.8, 4) is 0 Å². The molecule has 3 amide bonds. The maximum absolute atomic E-state index is 15.0. The smallest absolute Gasteiger partial charge is 0.253 e. The second kappa shape index (κ2) is 10.9. The molecule has 1 unspecified atom stereocenters. The molecule has 0 spiro atoms. The number of imide groups is 1. The van der Waals surface area contributed by atoms with Crippen molar-refractivity contribution >= 4 is 29.1 Å². The number of carbonyl (C=O) groups is 3. The minimum Gasteiger partial charge on any atom is -0.399 e. The fourth-order valence-electron chi connectivity index (χ4n) is 5.67. The monoisotopic (exact) mass is 507 g/mol. The van der Waals surface area contributed by atoms with E-state index in [-0.39, 0.29) is 30.0 Å². The molecular weight excluding hydrogens is 473 g/mol. The Kier molecular flexibility index (Phi) is 7.41. The number of halogens is 1.